The molecule has 0 N–H and O–H groups in total. The van der Waals surface area contributed by atoms with E-state index in [9.17, 15) is 4.79 Å². The predicted octanol–water partition coefficient (Wildman–Crippen LogP) is 4.08. The Bertz CT molecular complexity index is 393. The molecule has 106 valence electrons. The summed E-state index contributed by atoms with van der Waals surface area (Å²) in [5.74, 6) is 0.560. The zero-order chi connectivity index (χ0) is 14.1. The van der Waals surface area contributed by atoms with Crippen molar-refractivity contribution in [2.45, 2.75) is 44.5 Å². The lowest BCUT2D eigenvalue weighted by atomic mass is 10.2. The first-order valence-electron chi connectivity index (χ1n) is 6.60. The maximum Gasteiger partial charge on any atom is 0.303 e. The number of alkyl halides is 1. The number of carbonyl (C=O) groups excluding carboxylic acids is 1. The van der Waals surface area contributed by atoms with Gasteiger partial charge in [0.25, 0.3) is 0 Å². The van der Waals surface area contributed by atoms with Crippen LogP contribution in [-0.2, 0) is 14.9 Å². The Labute approximate surface area is 123 Å². The molecule has 1 aromatic rings. The molecule has 0 aliphatic rings. The van der Waals surface area contributed by atoms with E-state index in [-0.39, 0.29) is 12.1 Å². The number of esters is 1. The minimum Gasteiger partial charge on any atom is -0.490 e. The molecule has 1 unspecified atom stereocenters. The lowest BCUT2D eigenvalue weighted by Gasteiger charge is -2.17. The molecule has 0 fully saturated rings. The average molecular weight is 329 g/mol. The van der Waals surface area contributed by atoms with Crippen LogP contribution in [-0.4, -0.2) is 18.7 Å². The van der Waals surface area contributed by atoms with Crippen molar-refractivity contribution >= 4 is 21.9 Å². The third kappa shape index (κ3) is 6.62. The average Bonchev–Trinajstić information content (AvgIpc) is 2.41. The van der Waals surface area contributed by atoms with Gasteiger partial charge in [0.05, 0.1) is 0 Å². The lowest BCUT2D eigenvalue weighted by Crippen LogP contribution is -2.24. The summed E-state index contributed by atoms with van der Waals surface area (Å²) in [5.41, 5.74) is 1.16. The smallest absolute Gasteiger partial charge is 0.303 e. The van der Waals surface area contributed by atoms with E-state index in [0.29, 0.717) is 6.61 Å². The fourth-order valence-corrected chi connectivity index (χ4v) is 2.10. The van der Waals surface area contributed by atoms with Crippen molar-refractivity contribution in [2.75, 3.05) is 6.61 Å². The van der Waals surface area contributed by atoms with E-state index in [1.165, 1.54) is 6.92 Å². The van der Waals surface area contributed by atoms with Crippen molar-refractivity contribution in [1.29, 1.82) is 0 Å². The van der Waals surface area contributed by atoms with E-state index in [2.05, 4.69) is 22.9 Å². The second kappa shape index (κ2) is 8.97. The minimum absolute atomic E-state index is 0.162. The largest absolute Gasteiger partial charge is 0.490 e. The molecule has 0 saturated carbocycles. The first kappa shape index (κ1) is 16.0. The maximum absolute atomic E-state index is 11.0. The van der Waals surface area contributed by atoms with Gasteiger partial charge in [-0.15, -0.1) is 0 Å². The topological polar surface area (TPSA) is 35.5 Å². The number of carbonyl (C=O) groups is 1. The van der Waals surface area contributed by atoms with Gasteiger partial charge in [0.1, 0.15) is 18.5 Å². The Balaban J connectivity index is 2.51. The quantitative estimate of drug-likeness (QED) is 0.532. The van der Waals surface area contributed by atoms with Gasteiger partial charge in [-0.2, -0.15) is 0 Å². The molecule has 3 nitrogen and oxygen atoms in total. The Morgan fingerprint density at radius 2 is 2.21 bits per heavy atom. The number of ether oxygens (including phenoxy) is 2. The van der Waals surface area contributed by atoms with Crippen LogP contribution in [0.5, 0.6) is 5.75 Å². The molecule has 0 aromatic heterocycles. The summed E-state index contributed by atoms with van der Waals surface area (Å²) >= 11 is 3.41. The van der Waals surface area contributed by atoms with Gasteiger partial charge in [-0.3, -0.25) is 4.79 Å². The summed E-state index contributed by atoms with van der Waals surface area (Å²) in [6, 6.07) is 7.89. The molecule has 1 atom stereocenters. The van der Waals surface area contributed by atoms with Gasteiger partial charge < -0.3 is 9.47 Å². The molecule has 0 aliphatic heterocycles. The first-order chi connectivity index (χ1) is 9.15. The van der Waals surface area contributed by atoms with Crippen molar-refractivity contribution in [2.24, 2.45) is 0 Å². The summed E-state index contributed by atoms with van der Waals surface area (Å²) in [7, 11) is 0. The van der Waals surface area contributed by atoms with Crippen LogP contribution in [0.3, 0.4) is 0 Å². The highest BCUT2D eigenvalue weighted by Crippen LogP contribution is 2.16. The third-order valence-corrected chi connectivity index (χ3v) is 3.35. The van der Waals surface area contributed by atoms with E-state index >= 15 is 0 Å². The van der Waals surface area contributed by atoms with Gasteiger partial charge in [-0.05, 0) is 30.5 Å². The van der Waals surface area contributed by atoms with E-state index < -0.39 is 0 Å². The van der Waals surface area contributed by atoms with Crippen LogP contribution in [0.2, 0.25) is 0 Å². The van der Waals surface area contributed by atoms with Crippen LogP contribution in [0.1, 0.15) is 38.7 Å². The van der Waals surface area contributed by atoms with Crippen LogP contribution < -0.4 is 4.74 Å². The Hall–Kier alpha value is -1.03. The number of rotatable bonds is 8. The molecule has 0 spiro atoms. The number of hydrogen-bond donors (Lipinski definition) is 0. The van der Waals surface area contributed by atoms with Crippen molar-refractivity contribution in [3.63, 3.8) is 0 Å². The minimum atomic E-state index is -0.251. The standard InChI is InChI=1S/C15H21BrO3/c1-3-4-7-15(19-12(2)17)11-18-14-8-5-6-13(9-14)10-16/h5-6,8-9,15H,3-4,7,10-11H2,1-2H3. The normalized spacial score (nSPS) is 11.9. The molecule has 0 amide bonds. The second-order valence-corrected chi connectivity index (χ2v) is 5.03. The SMILES string of the molecule is CCCCC(COc1cccc(CBr)c1)OC(C)=O. The number of hydrogen-bond acceptors (Lipinski definition) is 3. The van der Waals surface area contributed by atoms with E-state index in [1.54, 1.807) is 0 Å². The number of halogens is 1. The second-order valence-electron chi connectivity index (χ2n) is 4.47. The van der Waals surface area contributed by atoms with Crippen molar-refractivity contribution in [1.82, 2.24) is 0 Å². The highest BCUT2D eigenvalue weighted by molar-refractivity contribution is 9.08. The van der Waals surface area contributed by atoms with Crippen LogP contribution >= 0.6 is 15.9 Å². The summed E-state index contributed by atoms with van der Waals surface area (Å²) < 4.78 is 11.0. The van der Waals surface area contributed by atoms with Crippen molar-refractivity contribution in [3.05, 3.63) is 29.8 Å². The maximum atomic E-state index is 11.0. The molecular weight excluding hydrogens is 308 g/mol. The zero-order valence-corrected chi connectivity index (χ0v) is 13.1. The molecule has 0 aliphatic carbocycles. The van der Waals surface area contributed by atoms with Crippen LogP contribution in [0, 0.1) is 0 Å². The number of unbranched alkanes of at least 4 members (excludes halogenated alkanes) is 1. The highest BCUT2D eigenvalue weighted by Gasteiger charge is 2.12. The molecule has 19 heavy (non-hydrogen) atoms. The first-order valence-corrected chi connectivity index (χ1v) is 7.72. The Morgan fingerprint density at radius 1 is 1.42 bits per heavy atom. The van der Waals surface area contributed by atoms with Gasteiger partial charge in [0.2, 0.25) is 0 Å². The fourth-order valence-electron chi connectivity index (χ4n) is 1.75. The Morgan fingerprint density at radius 3 is 2.84 bits per heavy atom. The van der Waals surface area contributed by atoms with Gasteiger partial charge in [-0.1, -0.05) is 41.4 Å². The summed E-state index contributed by atoms with van der Waals surface area (Å²) in [6.07, 6.45) is 2.79. The van der Waals surface area contributed by atoms with Crippen molar-refractivity contribution in [3.8, 4) is 5.75 Å². The fraction of sp³-hybridized carbons (Fsp3) is 0.533. The molecular formula is C15H21BrO3. The molecule has 1 rings (SSSR count). The van der Waals surface area contributed by atoms with E-state index in [0.717, 1.165) is 35.9 Å². The van der Waals surface area contributed by atoms with Crippen LogP contribution in [0.25, 0.3) is 0 Å². The summed E-state index contributed by atoms with van der Waals surface area (Å²) in [6.45, 7) is 3.96. The summed E-state index contributed by atoms with van der Waals surface area (Å²) in [4.78, 5) is 11.0. The van der Waals surface area contributed by atoms with Crippen LogP contribution in [0.15, 0.2) is 24.3 Å². The lowest BCUT2D eigenvalue weighted by molar-refractivity contribution is -0.148. The number of benzene rings is 1. The van der Waals surface area contributed by atoms with Gasteiger partial charge in [0, 0.05) is 12.3 Å². The van der Waals surface area contributed by atoms with Gasteiger partial charge in [0.15, 0.2) is 0 Å². The molecule has 0 heterocycles. The molecule has 0 saturated heterocycles. The highest BCUT2D eigenvalue weighted by atomic mass is 79.9. The molecule has 0 radical (unpaired) electrons. The molecule has 0 bridgehead atoms. The Kier molecular flexibility index (Phi) is 7.56. The van der Waals surface area contributed by atoms with Gasteiger partial charge in [-0.25, -0.2) is 0 Å². The van der Waals surface area contributed by atoms with E-state index in [1.807, 2.05) is 24.3 Å². The monoisotopic (exact) mass is 328 g/mol. The van der Waals surface area contributed by atoms with Crippen molar-refractivity contribution < 1.29 is 14.3 Å². The zero-order valence-electron chi connectivity index (χ0n) is 11.5. The van der Waals surface area contributed by atoms with E-state index in [4.69, 9.17) is 9.47 Å². The van der Waals surface area contributed by atoms with Gasteiger partial charge >= 0.3 is 5.97 Å². The molecule has 4 heteroatoms. The van der Waals surface area contributed by atoms with Crippen LogP contribution in [0.4, 0.5) is 0 Å². The summed E-state index contributed by atoms with van der Waals surface area (Å²) in [5, 5.41) is 0.799. The predicted molar refractivity (Wildman–Crippen MR) is 79.6 cm³/mol. The molecule has 1 aromatic carbocycles. The third-order valence-electron chi connectivity index (χ3n) is 2.70.